The number of ketones is 1. The van der Waals surface area contributed by atoms with Gasteiger partial charge in [0.05, 0.1) is 48.9 Å². The zero-order chi connectivity index (χ0) is 44.4. The first-order valence-corrected chi connectivity index (χ1v) is 19.2. The molecule has 6 rings (SSSR count). The number of benzene rings is 3. The molecule has 30 heteroatoms. The number of allylic oxidation sites excluding steroid dienone is 3. The molecule has 24 nitrogen and oxygen atoms in total. The minimum Gasteiger partial charge on any atom is -0.866 e. The Hall–Kier alpha value is -3.83. The molecular weight excluding hydrogens is 958 g/mol. The van der Waals surface area contributed by atoms with Gasteiger partial charge in [-0.15, -0.1) is 15.3 Å². The van der Waals surface area contributed by atoms with Gasteiger partial charge in [-0.25, -0.2) is 21.5 Å². The maximum Gasteiger partial charge on any atom is 3.00 e. The van der Waals surface area contributed by atoms with Gasteiger partial charge in [0.2, 0.25) is 5.78 Å². The Kier molecular flexibility index (Phi) is 21.4. The van der Waals surface area contributed by atoms with Crippen LogP contribution in [0.25, 0.3) is 5.69 Å². The van der Waals surface area contributed by atoms with Crippen LogP contribution in [0.3, 0.4) is 0 Å². The standard InChI is InChI=1S/C17H15N5O7S.C17H13N5O7S.Cr.3Na/c2*1-9-3-5-11(6-4-9)21-17(24)15(10(2)20-21)19-18-13-7-12(30(27,28)29)8-14(16(13)23)22(25)26;;;;/h3-8,23-24H,1-2H3,(H,27,28,29);3-8H,1-2H3,(H,27,28,29);;;;/q;-2;+3;3*+1/p-4. The zero-order valence-corrected chi connectivity index (χ0v) is 43.2. The summed E-state index contributed by atoms with van der Waals surface area (Å²) in [6, 6.07) is 14.6. The van der Waals surface area contributed by atoms with Crippen LogP contribution in [-0.4, -0.2) is 74.7 Å². The third-order valence-corrected chi connectivity index (χ3v) is 9.69. The van der Waals surface area contributed by atoms with Crippen molar-refractivity contribution in [2.45, 2.75) is 32.6 Å². The smallest absolute Gasteiger partial charge is 0.866 e. The van der Waals surface area contributed by atoms with Crippen molar-refractivity contribution in [1.82, 2.24) is 15.0 Å². The number of carbonyl (C=O) groups is 2. The molecule has 0 unspecified atom stereocenters. The van der Waals surface area contributed by atoms with Crippen molar-refractivity contribution in [3.63, 3.8) is 0 Å². The average molecular weight is 982 g/mol. The van der Waals surface area contributed by atoms with Gasteiger partial charge in [-0.1, -0.05) is 35.4 Å². The van der Waals surface area contributed by atoms with Crippen molar-refractivity contribution in [3.8, 4) is 17.3 Å². The summed E-state index contributed by atoms with van der Waals surface area (Å²) in [5, 5.41) is 80.0. The molecule has 4 aromatic rings. The number of nitro groups is 1. The van der Waals surface area contributed by atoms with Crippen LogP contribution in [0.4, 0.5) is 22.7 Å². The van der Waals surface area contributed by atoms with E-state index in [9.17, 15) is 66.3 Å². The van der Waals surface area contributed by atoms with Crippen LogP contribution in [0.5, 0.6) is 11.6 Å². The SMILES string of the molecule is CC1=NN(c2ccc(C)cc2)C(=O)C1=NN=C1C=C(S(=O)(=O)[O-])C=C(N([O-])[O-])C1=O.Cc1ccc(-n2nc(C)c(N=Nc3cc(S(=O)(=O)[O-])cc([N+](=O)[O-])c3[O-])c2[O-])cc1.[Cr+3].[Na+].[Na+].[Na+]. The van der Waals surface area contributed by atoms with Gasteiger partial charge in [-0.05, 0) is 70.2 Å². The van der Waals surface area contributed by atoms with Crippen LogP contribution in [0.2, 0.25) is 0 Å². The topological polar surface area (TPSA) is 370 Å². The Morgan fingerprint density at radius 3 is 1.81 bits per heavy atom. The maximum atomic E-state index is 12.6. The van der Waals surface area contributed by atoms with Gasteiger partial charge in [0, 0.05) is 17.7 Å². The number of aromatic nitrogens is 2. The van der Waals surface area contributed by atoms with Crippen LogP contribution in [-0.2, 0) is 47.2 Å². The number of hydrazone groups is 1. The molecule has 0 saturated heterocycles. The number of nitro benzene ring substituents is 1. The molecule has 0 N–H and O–H groups in total. The number of carbonyl (C=O) groups excluding carboxylic acids is 2. The molecule has 315 valence electrons. The maximum absolute atomic E-state index is 12.6. The summed E-state index contributed by atoms with van der Waals surface area (Å²) in [5.41, 5.74) is -1.24. The van der Waals surface area contributed by atoms with Gasteiger partial charge in [0.25, 0.3) is 5.69 Å². The van der Waals surface area contributed by atoms with E-state index in [0.717, 1.165) is 20.8 Å². The number of hydroxylamine groups is 2. The Labute approximate surface area is 440 Å². The minimum absolute atomic E-state index is 0. The quantitative estimate of drug-likeness (QED) is 0.0376. The summed E-state index contributed by atoms with van der Waals surface area (Å²) in [6.45, 7) is 6.65. The zero-order valence-electron chi connectivity index (χ0n) is 34.3. The van der Waals surface area contributed by atoms with E-state index in [1.54, 1.807) is 48.5 Å². The van der Waals surface area contributed by atoms with E-state index < -0.39 is 86.3 Å². The predicted octanol–water partition coefficient (Wildman–Crippen LogP) is -6.42. The normalized spacial score (nSPS) is 14.9. The largest absolute Gasteiger partial charge is 3.00 e. The van der Waals surface area contributed by atoms with Gasteiger partial charge in [0.1, 0.15) is 31.6 Å². The molecule has 1 aliphatic heterocycles. The monoisotopic (exact) mass is 981 g/mol. The van der Waals surface area contributed by atoms with Crippen LogP contribution in [0, 0.1) is 41.3 Å². The van der Waals surface area contributed by atoms with Gasteiger partial charge < -0.3 is 35.0 Å². The third-order valence-electron chi connectivity index (χ3n) is 8.07. The first kappa shape index (κ1) is 58.2. The molecule has 0 atom stereocenters. The average Bonchev–Trinajstić information content (AvgIpc) is 3.61. The molecule has 1 aliphatic carbocycles. The predicted molar refractivity (Wildman–Crippen MR) is 203 cm³/mol. The molecule has 0 saturated carbocycles. The summed E-state index contributed by atoms with van der Waals surface area (Å²) in [6.07, 6.45) is 0.911. The Balaban J connectivity index is 0.000000602. The van der Waals surface area contributed by atoms with Crippen molar-refractivity contribution < 1.29 is 157 Å². The fourth-order valence-electron chi connectivity index (χ4n) is 5.01. The van der Waals surface area contributed by atoms with E-state index in [0.29, 0.717) is 35.7 Å². The molecule has 1 amide bonds. The number of azo groups is 1. The fraction of sp³-hybridized carbons (Fsp3) is 0.118. The van der Waals surface area contributed by atoms with Crippen molar-refractivity contribution in [3.05, 3.63) is 121 Å². The van der Waals surface area contributed by atoms with Crippen molar-refractivity contribution >= 4 is 71.8 Å². The number of rotatable bonds is 9. The Morgan fingerprint density at radius 2 is 1.31 bits per heavy atom. The van der Waals surface area contributed by atoms with Gasteiger partial charge >= 0.3 is 112 Å². The minimum atomic E-state index is -5.11. The summed E-state index contributed by atoms with van der Waals surface area (Å²) < 4.78 is 68.4. The first-order valence-electron chi connectivity index (χ1n) is 16.4. The summed E-state index contributed by atoms with van der Waals surface area (Å²) in [7, 11) is -10.2. The van der Waals surface area contributed by atoms with Crippen LogP contribution in [0.1, 0.15) is 23.7 Å². The van der Waals surface area contributed by atoms with Crippen molar-refractivity contribution in [2.24, 2.45) is 25.5 Å². The molecule has 3 aromatic carbocycles. The summed E-state index contributed by atoms with van der Waals surface area (Å²) >= 11 is 0. The van der Waals surface area contributed by atoms with E-state index >= 15 is 0 Å². The van der Waals surface area contributed by atoms with Crippen LogP contribution in [0.15, 0.2) is 114 Å². The number of amides is 1. The molecule has 0 fully saturated rings. The molecule has 2 heterocycles. The first-order chi connectivity index (χ1) is 28.0. The molecule has 64 heavy (non-hydrogen) atoms. The number of aryl methyl sites for hydroxylation is 3. The number of hydrogen-bond acceptors (Lipinski definition) is 21. The second-order valence-corrected chi connectivity index (χ2v) is 15.1. The molecule has 1 radical (unpaired) electrons. The molecule has 0 spiro atoms. The van der Waals surface area contributed by atoms with Gasteiger partial charge in [-0.2, -0.15) is 20.3 Å². The van der Waals surface area contributed by atoms with Crippen molar-refractivity contribution in [2.75, 3.05) is 5.01 Å². The van der Waals surface area contributed by atoms with E-state index in [-0.39, 0.29) is 129 Å². The van der Waals surface area contributed by atoms with Crippen LogP contribution < -0.4 is 104 Å². The molecule has 0 bridgehead atoms. The number of nitrogens with zero attached hydrogens (tertiary/aromatic N) is 10. The number of hydrogen-bond donors (Lipinski definition) is 0. The van der Waals surface area contributed by atoms with Gasteiger partial charge in [-0.3, -0.25) is 19.7 Å². The van der Waals surface area contributed by atoms with Crippen LogP contribution >= 0.6 is 0 Å². The number of Topliss-reactive ketones (excluding diaryl/α,β-unsaturated/α-hetero) is 1. The molecule has 1 aromatic heterocycles. The van der Waals surface area contributed by atoms with Crippen molar-refractivity contribution in [1.29, 1.82) is 0 Å². The molecule has 2 aliphatic rings. The van der Waals surface area contributed by atoms with E-state index in [1.165, 1.54) is 13.8 Å². The Morgan fingerprint density at radius 1 is 0.766 bits per heavy atom. The second kappa shape index (κ2) is 23.6. The van der Waals surface area contributed by atoms with E-state index in [4.69, 9.17) is 0 Å². The van der Waals surface area contributed by atoms with Gasteiger partial charge in [0.15, 0.2) is 5.71 Å². The van der Waals surface area contributed by atoms with E-state index in [1.807, 2.05) is 13.8 Å². The number of anilines is 1. The fourth-order valence-corrected chi connectivity index (χ4v) is 6.03. The second-order valence-electron chi connectivity index (χ2n) is 12.4. The Bertz CT molecular complexity index is 2890. The summed E-state index contributed by atoms with van der Waals surface area (Å²) in [4.78, 5) is 32.6. The third kappa shape index (κ3) is 13.6. The van der Waals surface area contributed by atoms with E-state index in [2.05, 4.69) is 30.6 Å². The molecular formula is C34H24CrN10Na3O14S2. The summed E-state index contributed by atoms with van der Waals surface area (Å²) in [5.74, 6) is -3.86.